The van der Waals surface area contributed by atoms with Crippen molar-refractivity contribution < 1.29 is 14.3 Å². The second kappa shape index (κ2) is 3.90. The highest BCUT2D eigenvalue weighted by Crippen LogP contribution is 2.38. The summed E-state index contributed by atoms with van der Waals surface area (Å²) in [5, 5.41) is 0. The molecule has 0 saturated carbocycles. The number of amides is 1. The van der Waals surface area contributed by atoms with Crippen LogP contribution in [-0.4, -0.2) is 12.7 Å². The standard InChI is InChI=1S/C15H12N2O3/c16-12-3-1-2-10-11(12)7-17(15(10)18)9-4-5-13-14(6-9)20-8-19-13/h1-6H,7-8,16H2. The molecule has 0 aromatic heterocycles. The van der Waals surface area contributed by atoms with Crippen molar-refractivity contribution in [1.82, 2.24) is 0 Å². The maximum absolute atomic E-state index is 12.4. The molecular weight excluding hydrogens is 256 g/mol. The predicted molar refractivity (Wildman–Crippen MR) is 73.9 cm³/mol. The minimum absolute atomic E-state index is 0.0360. The van der Waals surface area contributed by atoms with Crippen molar-refractivity contribution in [2.45, 2.75) is 6.54 Å². The average molecular weight is 268 g/mol. The van der Waals surface area contributed by atoms with E-state index in [2.05, 4.69) is 0 Å². The zero-order valence-electron chi connectivity index (χ0n) is 10.6. The molecule has 4 rings (SSSR count). The Kier molecular flexibility index (Phi) is 2.18. The van der Waals surface area contributed by atoms with Crippen LogP contribution in [0.3, 0.4) is 0 Å². The molecule has 0 aliphatic carbocycles. The molecule has 2 heterocycles. The first-order valence-electron chi connectivity index (χ1n) is 6.33. The molecular formula is C15H12N2O3. The lowest BCUT2D eigenvalue weighted by Crippen LogP contribution is -2.22. The molecule has 5 nitrogen and oxygen atoms in total. The normalized spacial score (nSPS) is 15.6. The molecule has 2 aliphatic rings. The van der Waals surface area contributed by atoms with Gasteiger partial charge in [0, 0.05) is 28.6 Å². The smallest absolute Gasteiger partial charge is 0.259 e. The van der Waals surface area contributed by atoms with Crippen LogP contribution in [-0.2, 0) is 6.54 Å². The number of ether oxygens (including phenoxy) is 2. The molecule has 2 aromatic carbocycles. The van der Waals surface area contributed by atoms with E-state index in [-0.39, 0.29) is 12.7 Å². The first kappa shape index (κ1) is 11.2. The summed E-state index contributed by atoms with van der Waals surface area (Å²) in [7, 11) is 0. The molecule has 2 aliphatic heterocycles. The van der Waals surface area contributed by atoms with Crippen molar-refractivity contribution in [3.8, 4) is 11.5 Å². The summed E-state index contributed by atoms with van der Waals surface area (Å²) in [6.45, 7) is 0.709. The first-order chi connectivity index (χ1) is 9.74. The van der Waals surface area contributed by atoms with Gasteiger partial charge in [-0.3, -0.25) is 4.79 Å². The Labute approximate surface area is 115 Å². The molecule has 0 unspecified atom stereocenters. The van der Waals surface area contributed by atoms with Crippen LogP contribution in [0.1, 0.15) is 15.9 Å². The number of nitrogen functional groups attached to an aromatic ring is 1. The fourth-order valence-electron chi connectivity index (χ4n) is 2.62. The zero-order valence-corrected chi connectivity index (χ0v) is 10.6. The minimum Gasteiger partial charge on any atom is -0.454 e. The molecule has 0 radical (unpaired) electrons. The Bertz CT molecular complexity index is 727. The van der Waals surface area contributed by atoms with E-state index in [1.807, 2.05) is 24.3 Å². The van der Waals surface area contributed by atoms with Gasteiger partial charge in [-0.25, -0.2) is 0 Å². The molecule has 0 atom stereocenters. The van der Waals surface area contributed by atoms with Crippen LogP contribution < -0.4 is 20.1 Å². The quantitative estimate of drug-likeness (QED) is 0.805. The van der Waals surface area contributed by atoms with Crippen LogP contribution in [0.15, 0.2) is 36.4 Å². The third kappa shape index (κ3) is 1.46. The maximum atomic E-state index is 12.4. The molecule has 1 amide bonds. The van der Waals surface area contributed by atoms with Crippen molar-refractivity contribution in [3.63, 3.8) is 0 Å². The van der Waals surface area contributed by atoms with E-state index >= 15 is 0 Å². The maximum Gasteiger partial charge on any atom is 0.259 e. The van der Waals surface area contributed by atoms with E-state index in [4.69, 9.17) is 15.2 Å². The van der Waals surface area contributed by atoms with Gasteiger partial charge in [-0.2, -0.15) is 0 Å². The van der Waals surface area contributed by atoms with E-state index in [9.17, 15) is 4.79 Å². The third-order valence-corrected chi connectivity index (χ3v) is 3.67. The number of carbonyl (C=O) groups is 1. The summed E-state index contributed by atoms with van der Waals surface area (Å²) in [6, 6.07) is 10.9. The highest BCUT2D eigenvalue weighted by atomic mass is 16.7. The number of fused-ring (bicyclic) bond motifs is 2. The van der Waals surface area contributed by atoms with Crippen molar-refractivity contribution in [2.24, 2.45) is 0 Å². The fraction of sp³-hybridized carbons (Fsp3) is 0.133. The van der Waals surface area contributed by atoms with Gasteiger partial charge < -0.3 is 20.1 Å². The molecule has 20 heavy (non-hydrogen) atoms. The first-order valence-corrected chi connectivity index (χ1v) is 6.33. The fourth-order valence-corrected chi connectivity index (χ4v) is 2.62. The summed E-state index contributed by atoms with van der Waals surface area (Å²) in [5.41, 5.74) is 8.93. The van der Waals surface area contributed by atoms with Crippen LogP contribution in [0.25, 0.3) is 0 Å². The Morgan fingerprint density at radius 1 is 1.10 bits per heavy atom. The van der Waals surface area contributed by atoms with E-state index in [0.717, 1.165) is 11.3 Å². The Hall–Kier alpha value is -2.69. The van der Waals surface area contributed by atoms with Crippen LogP contribution in [0, 0.1) is 0 Å². The van der Waals surface area contributed by atoms with E-state index in [1.165, 1.54) is 0 Å². The molecule has 2 aromatic rings. The molecule has 0 fully saturated rings. The average Bonchev–Trinajstić information content (AvgIpc) is 3.04. The number of hydrogen-bond donors (Lipinski definition) is 1. The minimum atomic E-state index is -0.0360. The van der Waals surface area contributed by atoms with Gasteiger partial charge in [0.15, 0.2) is 11.5 Å². The van der Waals surface area contributed by atoms with Crippen molar-refractivity contribution in [3.05, 3.63) is 47.5 Å². The largest absolute Gasteiger partial charge is 0.454 e. The molecule has 5 heteroatoms. The SMILES string of the molecule is Nc1cccc2c1CN(c1ccc3c(c1)OCO3)C2=O. The van der Waals surface area contributed by atoms with Gasteiger partial charge in [0.2, 0.25) is 6.79 Å². The Balaban J connectivity index is 1.75. The lowest BCUT2D eigenvalue weighted by molar-refractivity contribution is 0.0996. The number of anilines is 2. The van der Waals surface area contributed by atoms with Crippen LogP contribution in [0.4, 0.5) is 11.4 Å². The summed E-state index contributed by atoms with van der Waals surface area (Å²) in [5.74, 6) is 1.34. The highest BCUT2D eigenvalue weighted by molar-refractivity contribution is 6.11. The summed E-state index contributed by atoms with van der Waals surface area (Å²) in [6.07, 6.45) is 0. The van der Waals surface area contributed by atoms with E-state index in [1.54, 1.807) is 17.0 Å². The second-order valence-corrected chi connectivity index (χ2v) is 4.80. The zero-order chi connectivity index (χ0) is 13.7. The number of rotatable bonds is 1. The van der Waals surface area contributed by atoms with Crippen LogP contribution in [0.5, 0.6) is 11.5 Å². The van der Waals surface area contributed by atoms with E-state index in [0.29, 0.717) is 29.3 Å². The summed E-state index contributed by atoms with van der Waals surface area (Å²) in [4.78, 5) is 14.1. The summed E-state index contributed by atoms with van der Waals surface area (Å²) < 4.78 is 10.6. The molecule has 0 bridgehead atoms. The number of nitrogens with two attached hydrogens (primary N) is 1. The van der Waals surface area contributed by atoms with Gasteiger partial charge in [-0.15, -0.1) is 0 Å². The highest BCUT2D eigenvalue weighted by Gasteiger charge is 2.30. The number of carbonyl (C=O) groups excluding carboxylic acids is 1. The second-order valence-electron chi connectivity index (χ2n) is 4.80. The van der Waals surface area contributed by atoms with Gasteiger partial charge in [0.05, 0.1) is 6.54 Å². The summed E-state index contributed by atoms with van der Waals surface area (Å²) >= 11 is 0. The van der Waals surface area contributed by atoms with Crippen molar-refractivity contribution in [2.75, 3.05) is 17.4 Å². The Morgan fingerprint density at radius 3 is 2.80 bits per heavy atom. The van der Waals surface area contributed by atoms with Crippen LogP contribution in [0.2, 0.25) is 0 Å². The third-order valence-electron chi connectivity index (χ3n) is 3.67. The van der Waals surface area contributed by atoms with Gasteiger partial charge in [-0.1, -0.05) is 6.07 Å². The van der Waals surface area contributed by atoms with Crippen molar-refractivity contribution >= 4 is 17.3 Å². The van der Waals surface area contributed by atoms with Crippen LogP contribution >= 0.6 is 0 Å². The molecule has 0 spiro atoms. The Morgan fingerprint density at radius 2 is 1.95 bits per heavy atom. The van der Waals surface area contributed by atoms with Gasteiger partial charge in [0.1, 0.15) is 0 Å². The number of nitrogens with zero attached hydrogens (tertiary/aromatic N) is 1. The molecule has 100 valence electrons. The van der Waals surface area contributed by atoms with Gasteiger partial charge in [0.25, 0.3) is 5.91 Å². The lowest BCUT2D eigenvalue weighted by atomic mass is 10.1. The number of benzene rings is 2. The van der Waals surface area contributed by atoms with Gasteiger partial charge >= 0.3 is 0 Å². The molecule has 2 N–H and O–H groups in total. The number of hydrogen-bond acceptors (Lipinski definition) is 4. The van der Waals surface area contributed by atoms with Crippen molar-refractivity contribution in [1.29, 1.82) is 0 Å². The molecule has 0 saturated heterocycles. The monoisotopic (exact) mass is 268 g/mol. The predicted octanol–water partition coefficient (Wildman–Crippen LogP) is 2.16. The topological polar surface area (TPSA) is 64.8 Å². The van der Waals surface area contributed by atoms with E-state index < -0.39 is 0 Å². The lowest BCUT2D eigenvalue weighted by Gasteiger charge is -2.16. The van der Waals surface area contributed by atoms with Gasteiger partial charge in [-0.05, 0) is 24.3 Å².